The minimum Gasteiger partial charge on any atom is -0.507 e. The van der Waals surface area contributed by atoms with Gasteiger partial charge in [-0.3, -0.25) is 9.59 Å². The fourth-order valence-electron chi connectivity index (χ4n) is 4.12. The number of aryl methyl sites for hydroxylation is 1. The number of carbonyl (C=O) groups is 2. The first-order valence-electron chi connectivity index (χ1n) is 12.5. The molecule has 1 unspecified atom stereocenters. The molecule has 3 rings (SSSR count). The van der Waals surface area contributed by atoms with Gasteiger partial charge in [-0.2, -0.15) is 0 Å². The van der Waals surface area contributed by atoms with E-state index in [4.69, 9.17) is 9.47 Å². The lowest BCUT2D eigenvalue weighted by Crippen LogP contribution is -2.35. The molecule has 0 saturated carbocycles. The van der Waals surface area contributed by atoms with Crippen LogP contribution in [0.4, 0.5) is 0 Å². The number of hydrogen-bond donors (Lipinski definition) is 1. The van der Waals surface area contributed by atoms with Crippen molar-refractivity contribution in [1.29, 1.82) is 0 Å². The number of benzene rings is 2. The highest BCUT2D eigenvalue weighted by Crippen LogP contribution is 2.42. The number of aliphatic hydroxyl groups is 1. The average molecular weight is 495 g/mol. The summed E-state index contributed by atoms with van der Waals surface area (Å²) in [5, 5.41) is 11.2. The van der Waals surface area contributed by atoms with Gasteiger partial charge in [-0.05, 0) is 58.0 Å². The Morgan fingerprint density at radius 3 is 2.36 bits per heavy atom. The number of nitrogens with zero attached hydrogens (tertiary/aromatic N) is 2. The Morgan fingerprint density at radius 2 is 1.75 bits per heavy atom. The van der Waals surface area contributed by atoms with Crippen LogP contribution in [0.5, 0.6) is 11.5 Å². The molecule has 1 heterocycles. The van der Waals surface area contributed by atoms with Crippen molar-refractivity contribution in [3.05, 3.63) is 64.7 Å². The molecular formula is C29H38N2O5. The largest absolute Gasteiger partial charge is 0.507 e. The lowest BCUT2D eigenvalue weighted by atomic mass is 9.94. The van der Waals surface area contributed by atoms with Crippen molar-refractivity contribution >= 4 is 17.4 Å². The second-order valence-corrected chi connectivity index (χ2v) is 9.83. The zero-order valence-electron chi connectivity index (χ0n) is 22.2. The number of ketones is 1. The molecule has 194 valence electrons. The Labute approximate surface area is 214 Å². The average Bonchev–Trinajstić information content (AvgIpc) is 3.08. The molecule has 1 amide bonds. The van der Waals surface area contributed by atoms with E-state index in [0.717, 1.165) is 12.0 Å². The number of likely N-dealkylation sites (tertiary alicyclic amines) is 1. The predicted octanol–water partition coefficient (Wildman–Crippen LogP) is 4.80. The minimum atomic E-state index is -0.741. The van der Waals surface area contributed by atoms with Gasteiger partial charge >= 0.3 is 0 Å². The summed E-state index contributed by atoms with van der Waals surface area (Å²) in [6, 6.07) is 12.0. The summed E-state index contributed by atoms with van der Waals surface area (Å²) in [6.07, 6.45) is 0.911. The number of aliphatic hydroxyl groups excluding tert-OH is 1. The molecule has 2 aromatic carbocycles. The number of rotatable bonds is 11. The van der Waals surface area contributed by atoms with Crippen molar-refractivity contribution in [3.63, 3.8) is 0 Å². The Bertz CT molecular complexity index is 1110. The lowest BCUT2D eigenvalue weighted by molar-refractivity contribution is -0.140. The summed E-state index contributed by atoms with van der Waals surface area (Å²) < 4.78 is 11.9. The van der Waals surface area contributed by atoms with E-state index in [0.29, 0.717) is 54.8 Å². The standard InChI is InChI=1S/C29H38N2O5/c1-7-35-24-18-22(12-13-23(24)36-17-14-19(2)3)26-25(27(32)21-10-8-20(4)9-11-21)28(33)29(34)31(26)16-15-30(5)6/h8-13,18-19,26,32H,7,14-17H2,1-6H3/b27-25+. The van der Waals surface area contributed by atoms with Gasteiger partial charge in [0.05, 0.1) is 24.8 Å². The van der Waals surface area contributed by atoms with E-state index in [2.05, 4.69) is 13.8 Å². The zero-order valence-corrected chi connectivity index (χ0v) is 22.2. The van der Waals surface area contributed by atoms with Crippen LogP contribution < -0.4 is 9.47 Å². The number of likely N-dealkylation sites (N-methyl/N-ethyl adjacent to an activating group) is 1. The van der Waals surface area contributed by atoms with E-state index < -0.39 is 17.7 Å². The Balaban J connectivity index is 2.10. The van der Waals surface area contributed by atoms with Crippen LogP contribution in [0.25, 0.3) is 5.76 Å². The highest BCUT2D eigenvalue weighted by Gasteiger charge is 2.46. The maximum Gasteiger partial charge on any atom is 0.295 e. The van der Waals surface area contributed by atoms with E-state index in [9.17, 15) is 14.7 Å². The lowest BCUT2D eigenvalue weighted by Gasteiger charge is -2.27. The molecule has 0 radical (unpaired) electrons. The number of hydrogen-bond acceptors (Lipinski definition) is 6. The summed E-state index contributed by atoms with van der Waals surface area (Å²) in [5.74, 6) is 0.189. The second kappa shape index (κ2) is 12.1. The van der Waals surface area contributed by atoms with E-state index in [1.54, 1.807) is 12.1 Å². The topological polar surface area (TPSA) is 79.3 Å². The molecule has 36 heavy (non-hydrogen) atoms. The SMILES string of the molecule is CCOc1cc(C2/C(=C(\O)c3ccc(C)cc3)C(=O)C(=O)N2CCN(C)C)ccc1OCCC(C)C. The molecule has 1 saturated heterocycles. The Hall–Kier alpha value is -3.32. The molecule has 0 aliphatic carbocycles. The molecule has 1 N–H and O–H groups in total. The van der Waals surface area contributed by atoms with Crippen LogP contribution in [-0.4, -0.2) is 67.0 Å². The third-order valence-corrected chi connectivity index (χ3v) is 6.19. The Kier molecular flexibility index (Phi) is 9.15. The summed E-state index contributed by atoms with van der Waals surface area (Å²) in [5.41, 5.74) is 2.29. The highest BCUT2D eigenvalue weighted by molar-refractivity contribution is 6.46. The fourth-order valence-corrected chi connectivity index (χ4v) is 4.12. The van der Waals surface area contributed by atoms with Gasteiger partial charge in [-0.15, -0.1) is 0 Å². The van der Waals surface area contributed by atoms with Crippen molar-refractivity contribution in [2.45, 2.75) is 40.2 Å². The molecule has 7 nitrogen and oxygen atoms in total. The molecule has 1 fully saturated rings. The first kappa shape index (κ1) is 27.3. The van der Waals surface area contributed by atoms with Crippen LogP contribution >= 0.6 is 0 Å². The smallest absolute Gasteiger partial charge is 0.295 e. The van der Waals surface area contributed by atoms with Gasteiger partial charge in [-0.25, -0.2) is 0 Å². The van der Waals surface area contributed by atoms with Gasteiger partial charge < -0.3 is 24.4 Å². The van der Waals surface area contributed by atoms with Gasteiger partial charge in [0, 0.05) is 18.7 Å². The summed E-state index contributed by atoms with van der Waals surface area (Å²) >= 11 is 0. The maximum absolute atomic E-state index is 13.2. The van der Waals surface area contributed by atoms with Crippen molar-refractivity contribution in [1.82, 2.24) is 9.80 Å². The van der Waals surface area contributed by atoms with E-state index in [1.165, 1.54) is 4.90 Å². The van der Waals surface area contributed by atoms with Crippen molar-refractivity contribution < 1.29 is 24.2 Å². The van der Waals surface area contributed by atoms with E-state index in [1.807, 2.05) is 63.2 Å². The maximum atomic E-state index is 13.2. The van der Waals surface area contributed by atoms with Crippen LogP contribution in [0.1, 0.15) is 49.9 Å². The molecule has 2 aromatic rings. The zero-order chi connectivity index (χ0) is 26.4. The van der Waals surface area contributed by atoms with Crippen LogP contribution in [0.3, 0.4) is 0 Å². The third-order valence-electron chi connectivity index (χ3n) is 6.19. The van der Waals surface area contributed by atoms with Crippen molar-refractivity contribution in [3.8, 4) is 11.5 Å². The van der Waals surface area contributed by atoms with Gasteiger partial charge in [0.15, 0.2) is 11.5 Å². The van der Waals surface area contributed by atoms with E-state index >= 15 is 0 Å². The number of carbonyl (C=O) groups excluding carboxylic acids is 2. The van der Waals surface area contributed by atoms with Crippen LogP contribution in [-0.2, 0) is 9.59 Å². The first-order chi connectivity index (χ1) is 17.1. The first-order valence-corrected chi connectivity index (χ1v) is 12.5. The quantitative estimate of drug-likeness (QED) is 0.275. The predicted molar refractivity (Wildman–Crippen MR) is 141 cm³/mol. The molecule has 1 aliphatic rings. The highest BCUT2D eigenvalue weighted by atomic mass is 16.5. The van der Waals surface area contributed by atoms with E-state index in [-0.39, 0.29) is 11.3 Å². The van der Waals surface area contributed by atoms with Crippen LogP contribution in [0.2, 0.25) is 0 Å². The number of amides is 1. The molecule has 1 aliphatic heterocycles. The van der Waals surface area contributed by atoms with Crippen LogP contribution in [0.15, 0.2) is 48.0 Å². The molecule has 7 heteroatoms. The van der Waals surface area contributed by atoms with Crippen molar-refractivity contribution in [2.75, 3.05) is 40.4 Å². The van der Waals surface area contributed by atoms with Crippen LogP contribution in [0, 0.1) is 12.8 Å². The summed E-state index contributed by atoms with van der Waals surface area (Å²) in [7, 11) is 3.82. The molecular weight excluding hydrogens is 456 g/mol. The molecule has 0 aromatic heterocycles. The molecule has 0 bridgehead atoms. The summed E-state index contributed by atoms with van der Waals surface area (Å²) in [4.78, 5) is 29.9. The normalized spacial score (nSPS) is 17.3. The summed E-state index contributed by atoms with van der Waals surface area (Å²) in [6.45, 7) is 10.0. The number of ether oxygens (including phenoxy) is 2. The molecule has 0 spiro atoms. The van der Waals surface area contributed by atoms with Gasteiger partial charge in [0.2, 0.25) is 0 Å². The van der Waals surface area contributed by atoms with Gasteiger partial charge in [0.25, 0.3) is 11.7 Å². The fraction of sp³-hybridized carbons (Fsp3) is 0.448. The molecule has 1 atom stereocenters. The number of Topliss-reactive ketones (excluding diaryl/α,β-unsaturated/α-hetero) is 1. The van der Waals surface area contributed by atoms with Crippen molar-refractivity contribution in [2.24, 2.45) is 5.92 Å². The Morgan fingerprint density at radius 1 is 1.06 bits per heavy atom. The van der Waals surface area contributed by atoms with Gasteiger partial charge in [-0.1, -0.05) is 49.7 Å². The second-order valence-electron chi connectivity index (χ2n) is 9.83. The minimum absolute atomic E-state index is 0.0820. The van der Waals surface area contributed by atoms with Gasteiger partial charge in [0.1, 0.15) is 5.76 Å². The monoisotopic (exact) mass is 494 g/mol. The third kappa shape index (κ3) is 6.26.